The molecule has 0 unspecified atom stereocenters. The molecule has 2 fully saturated rings. The number of nitrogens with zero attached hydrogens (tertiary/aromatic N) is 2. The fraction of sp³-hybridized carbons (Fsp3) is 0.500. The number of H-pyrrole nitrogens is 1. The highest BCUT2D eigenvalue weighted by atomic mass is 32.1. The van der Waals surface area contributed by atoms with Crippen LogP contribution in [-0.2, 0) is 6.54 Å². The van der Waals surface area contributed by atoms with Crippen LogP contribution in [0.15, 0.2) is 40.5 Å². The molecule has 2 aliphatic rings. The van der Waals surface area contributed by atoms with Crippen molar-refractivity contribution in [3.8, 4) is 0 Å². The molecule has 6 heteroatoms. The Morgan fingerprint density at radius 1 is 1.12 bits per heavy atom. The highest BCUT2D eigenvalue weighted by molar-refractivity contribution is 7.07. The molecule has 138 valence electrons. The van der Waals surface area contributed by atoms with E-state index < -0.39 is 0 Å². The first-order chi connectivity index (χ1) is 12.7. The molecule has 2 aromatic rings. The van der Waals surface area contributed by atoms with Crippen LogP contribution < -0.4 is 4.87 Å². The minimum absolute atomic E-state index is 0.0346. The first kappa shape index (κ1) is 17.5. The molecular formula is C20H25N3O2S. The lowest BCUT2D eigenvalue weighted by atomic mass is 9.78. The molecule has 1 aliphatic heterocycles. The van der Waals surface area contributed by atoms with Gasteiger partial charge in [-0.15, -0.1) is 0 Å². The van der Waals surface area contributed by atoms with Gasteiger partial charge >= 0.3 is 4.87 Å². The van der Waals surface area contributed by atoms with E-state index in [9.17, 15) is 9.59 Å². The second kappa shape index (κ2) is 7.37. The number of hydrogen-bond donors (Lipinski definition) is 1. The number of aromatic nitrogens is 1. The van der Waals surface area contributed by atoms with Crippen LogP contribution in [0.2, 0.25) is 0 Å². The third kappa shape index (κ3) is 3.48. The Morgan fingerprint density at radius 3 is 2.58 bits per heavy atom. The molecule has 1 aliphatic carbocycles. The summed E-state index contributed by atoms with van der Waals surface area (Å²) in [7, 11) is 0. The topological polar surface area (TPSA) is 56.4 Å². The predicted molar refractivity (Wildman–Crippen MR) is 104 cm³/mol. The van der Waals surface area contributed by atoms with Crippen molar-refractivity contribution >= 4 is 17.2 Å². The molecule has 5 nitrogen and oxygen atoms in total. The van der Waals surface area contributed by atoms with E-state index in [1.807, 2.05) is 4.90 Å². The van der Waals surface area contributed by atoms with E-state index in [1.54, 1.807) is 5.38 Å². The number of carbonyl (C=O) groups is 1. The Morgan fingerprint density at radius 2 is 1.88 bits per heavy atom. The van der Waals surface area contributed by atoms with Crippen LogP contribution in [0.25, 0.3) is 0 Å². The Labute approximate surface area is 157 Å². The van der Waals surface area contributed by atoms with E-state index in [1.165, 1.54) is 24.8 Å². The fourth-order valence-electron chi connectivity index (χ4n) is 4.48. The maximum absolute atomic E-state index is 12.8. The molecule has 1 saturated carbocycles. The molecule has 1 aromatic heterocycles. The molecule has 1 amide bonds. The van der Waals surface area contributed by atoms with Crippen molar-refractivity contribution in [2.75, 3.05) is 19.6 Å². The molecular weight excluding hydrogens is 346 g/mol. The summed E-state index contributed by atoms with van der Waals surface area (Å²) in [6.07, 6.45) is 6.02. The molecule has 0 radical (unpaired) electrons. The minimum atomic E-state index is -0.163. The van der Waals surface area contributed by atoms with Gasteiger partial charge in [-0.2, -0.15) is 0 Å². The number of carbonyl (C=O) groups excluding carboxylic acids is 1. The van der Waals surface area contributed by atoms with E-state index in [0.717, 1.165) is 43.8 Å². The van der Waals surface area contributed by atoms with E-state index in [2.05, 4.69) is 40.2 Å². The van der Waals surface area contributed by atoms with Gasteiger partial charge in [-0.25, -0.2) is 0 Å². The molecule has 4 rings (SSSR count). The number of hydrogen-bond acceptors (Lipinski definition) is 4. The van der Waals surface area contributed by atoms with Crippen LogP contribution in [0.5, 0.6) is 0 Å². The number of piperazine rings is 1. The molecule has 1 aromatic carbocycles. The molecule has 26 heavy (non-hydrogen) atoms. The maximum Gasteiger partial charge on any atom is 0.305 e. The summed E-state index contributed by atoms with van der Waals surface area (Å²) < 4.78 is 0. The van der Waals surface area contributed by atoms with E-state index in [0.29, 0.717) is 12.2 Å². The largest absolute Gasteiger partial charge is 0.334 e. The molecule has 0 atom stereocenters. The lowest BCUT2D eigenvalue weighted by Gasteiger charge is -2.53. The average Bonchev–Trinajstić information content (AvgIpc) is 3.11. The summed E-state index contributed by atoms with van der Waals surface area (Å²) in [5.74, 6) is -0.0346. The van der Waals surface area contributed by atoms with Gasteiger partial charge in [-0.1, -0.05) is 60.9 Å². The Balaban J connectivity index is 1.55. The first-order valence-corrected chi connectivity index (χ1v) is 10.3. The smallest absolute Gasteiger partial charge is 0.305 e. The Bertz CT molecular complexity index is 808. The van der Waals surface area contributed by atoms with Crippen LogP contribution in [0.1, 0.15) is 48.2 Å². The zero-order valence-electron chi connectivity index (χ0n) is 14.9. The normalized spacial score (nSPS) is 20.4. The lowest BCUT2D eigenvalue weighted by Crippen LogP contribution is -2.63. The minimum Gasteiger partial charge on any atom is -0.334 e. The van der Waals surface area contributed by atoms with E-state index >= 15 is 0 Å². The summed E-state index contributed by atoms with van der Waals surface area (Å²) in [5.41, 5.74) is 1.83. The van der Waals surface area contributed by atoms with Gasteiger partial charge in [0.1, 0.15) is 5.69 Å². The highest BCUT2D eigenvalue weighted by Crippen LogP contribution is 2.37. The number of thiazole rings is 1. The summed E-state index contributed by atoms with van der Waals surface area (Å²) in [4.78, 5) is 31.3. The van der Waals surface area contributed by atoms with Crippen molar-refractivity contribution in [1.29, 1.82) is 0 Å². The second-order valence-electron chi connectivity index (χ2n) is 7.48. The van der Waals surface area contributed by atoms with Crippen molar-refractivity contribution in [3.05, 3.63) is 56.6 Å². The van der Waals surface area contributed by atoms with Crippen LogP contribution in [0, 0.1) is 0 Å². The monoisotopic (exact) mass is 371 g/mol. The summed E-state index contributed by atoms with van der Waals surface area (Å²) >= 11 is 1.06. The number of benzene rings is 1. The van der Waals surface area contributed by atoms with Crippen molar-refractivity contribution in [2.24, 2.45) is 0 Å². The van der Waals surface area contributed by atoms with Gasteiger partial charge in [-0.05, 0) is 18.4 Å². The zero-order valence-corrected chi connectivity index (χ0v) is 15.8. The van der Waals surface area contributed by atoms with E-state index in [4.69, 9.17) is 0 Å². The molecule has 1 saturated heterocycles. The van der Waals surface area contributed by atoms with Gasteiger partial charge in [-0.3, -0.25) is 14.5 Å². The summed E-state index contributed by atoms with van der Waals surface area (Å²) in [6.45, 7) is 3.30. The van der Waals surface area contributed by atoms with Gasteiger partial charge < -0.3 is 9.88 Å². The quantitative estimate of drug-likeness (QED) is 0.902. The van der Waals surface area contributed by atoms with Crippen molar-refractivity contribution in [3.63, 3.8) is 0 Å². The van der Waals surface area contributed by atoms with Crippen molar-refractivity contribution in [2.45, 2.75) is 44.2 Å². The molecule has 2 heterocycles. The highest BCUT2D eigenvalue weighted by Gasteiger charge is 2.43. The number of aromatic amines is 1. The van der Waals surface area contributed by atoms with Crippen LogP contribution in [-0.4, -0.2) is 45.9 Å². The first-order valence-electron chi connectivity index (χ1n) is 9.42. The second-order valence-corrected chi connectivity index (χ2v) is 8.32. The maximum atomic E-state index is 12.8. The number of nitrogens with one attached hydrogen (secondary N) is 1. The number of rotatable bonds is 3. The molecule has 1 N–H and O–H groups in total. The predicted octanol–water partition coefficient (Wildman–Crippen LogP) is 3.10. The molecule has 1 spiro atoms. The third-order valence-corrected chi connectivity index (χ3v) is 6.50. The average molecular weight is 372 g/mol. The Hall–Kier alpha value is -1.92. The number of amides is 1. The van der Waals surface area contributed by atoms with Crippen LogP contribution >= 0.6 is 11.3 Å². The van der Waals surface area contributed by atoms with Gasteiger partial charge in [0.15, 0.2) is 0 Å². The van der Waals surface area contributed by atoms with Crippen LogP contribution in [0.3, 0.4) is 0 Å². The van der Waals surface area contributed by atoms with Gasteiger partial charge in [0.25, 0.3) is 5.91 Å². The fourth-order valence-corrected chi connectivity index (χ4v) is 5.03. The molecule has 0 bridgehead atoms. The Kier molecular flexibility index (Phi) is 4.96. The van der Waals surface area contributed by atoms with Crippen LogP contribution in [0.4, 0.5) is 0 Å². The SMILES string of the molecule is O=C(c1csc(=O)[nH]1)N1CCN(Cc2ccccc2)C2(CCCCC2)C1. The standard InChI is InChI=1S/C20H25N3O2S/c24-18(17-14-26-19(25)21-17)22-11-12-23(13-16-7-3-1-4-8-16)20(15-22)9-5-2-6-10-20/h1,3-4,7-8,14H,2,5-6,9-13,15H2,(H,21,25). The van der Waals surface area contributed by atoms with Gasteiger partial charge in [0.2, 0.25) is 0 Å². The lowest BCUT2D eigenvalue weighted by molar-refractivity contribution is -0.0254. The van der Waals surface area contributed by atoms with Gasteiger partial charge in [0.05, 0.1) is 0 Å². The van der Waals surface area contributed by atoms with Crippen molar-refractivity contribution in [1.82, 2.24) is 14.8 Å². The summed E-state index contributed by atoms with van der Waals surface area (Å²) in [5, 5.41) is 1.65. The van der Waals surface area contributed by atoms with Crippen molar-refractivity contribution < 1.29 is 4.79 Å². The zero-order chi connectivity index (χ0) is 18.0. The van der Waals surface area contributed by atoms with Gasteiger partial charge in [0, 0.05) is 37.1 Å². The van der Waals surface area contributed by atoms with E-state index in [-0.39, 0.29) is 16.3 Å². The summed E-state index contributed by atoms with van der Waals surface area (Å²) in [6, 6.07) is 10.6. The third-order valence-electron chi connectivity index (χ3n) is 5.83.